The zero-order valence-corrected chi connectivity index (χ0v) is 21.5. The molecule has 1 unspecified atom stereocenters. The Morgan fingerprint density at radius 1 is 1.18 bits per heavy atom. The summed E-state index contributed by atoms with van der Waals surface area (Å²) in [4.78, 5) is 16.1. The Morgan fingerprint density at radius 3 is 2.44 bits per heavy atom. The van der Waals surface area contributed by atoms with Gasteiger partial charge >= 0.3 is 14.2 Å². The Morgan fingerprint density at radius 2 is 1.82 bits per heavy atom. The molecule has 10 heteroatoms. The monoisotopic (exact) mass is 496 g/mol. The molecule has 1 N–H and O–H groups in total. The molecule has 0 radical (unpaired) electrons. The molecule has 2 rings (SSSR count). The van der Waals surface area contributed by atoms with Gasteiger partial charge in [-0.25, -0.2) is 4.39 Å². The van der Waals surface area contributed by atoms with Crippen molar-refractivity contribution in [3.63, 3.8) is 0 Å². The summed E-state index contributed by atoms with van der Waals surface area (Å²) in [7, 11) is -2.62. The molecule has 8 nitrogen and oxygen atoms in total. The van der Waals surface area contributed by atoms with Crippen molar-refractivity contribution in [2.24, 2.45) is 5.41 Å². The quantitative estimate of drug-likeness (QED) is 0.249. The lowest BCUT2D eigenvalue weighted by atomic mass is 9.96. The van der Waals surface area contributed by atoms with Gasteiger partial charge in [-0.1, -0.05) is 22.9 Å². The van der Waals surface area contributed by atoms with Gasteiger partial charge in [0.15, 0.2) is 11.6 Å². The minimum absolute atomic E-state index is 0.0515. The molecule has 0 aliphatic heterocycles. The summed E-state index contributed by atoms with van der Waals surface area (Å²) in [5, 5.41) is 9.98. The number of esters is 1. The second-order valence-corrected chi connectivity index (χ2v) is 10.2. The van der Waals surface area contributed by atoms with Crippen LogP contribution in [0, 0.1) is 25.1 Å². The first-order chi connectivity index (χ1) is 15.8. The van der Waals surface area contributed by atoms with Crippen LogP contribution in [0.2, 0.25) is 0 Å². The van der Waals surface area contributed by atoms with Crippen LogP contribution in [-0.2, 0) is 29.6 Å². The van der Waals surface area contributed by atoms with Crippen molar-refractivity contribution in [1.82, 2.24) is 4.98 Å². The van der Waals surface area contributed by atoms with Crippen molar-refractivity contribution in [2.75, 3.05) is 13.6 Å². The highest BCUT2D eigenvalue weighted by Gasteiger charge is 2.27. The SMILES string of the molecule is Cc1cc(OCO[P+](=O)OCOC(=O)C(C)(C)C)c(F)c(C)c1Cc1ccc(O)c(C(C)C)n1. The number of aryl methyl sites for hydroxylation is 1. The number of halogens is 1. The fraction of sp³-hybridized carbons (Fsp3) is 0.500. The molecule has 1 aromatic carbocycles. The van der Waals surface area contributed by atoms with Crippen molar-refractivity contribution in [3.05, 3.63) is 52.1 Å². The molecule has 34 heavy (non-hydrogen) atoms. The van der Waals surface area contributed by atoms with E-state index in [2.05, 4.69) is 4.98 Å². The van der Waals surface area contributed by atoms with Gasteiger partial charge in [-0.2, -0.15) is 0 Å². The van der Waals surface area contributed by atoms with Gasteiger partial charge in [0.2, 0.25) is 13.6 Å². The van der Waals surface area contributed by atoms with Gasteiger partial charge in [-0.15, -0.1) is 0 Å². The largest absolute Gasteiger partial charge is 0.704 e. The summed E-state index contributed by atoms with van der Waals surface area (Å²) in [5.74, 6) is -0.944. The van der Waals surface area contributed by atoms with E-state index in [1.165, 1.54) is 6.07 Å². The lowest BCUT2D eigenvalue weighted by Crippen LogP contribution is -2.23. The van der Waals surface area contributed by atoms with Crippen LogP contribution in [0.5, 0.6) is 11.5 Å². The predicted molar refractivity (Wildman–Crippen MR) is 124 cm³/mol. The first-order valence-electron chi connectivity index (χ1n) is 10.8. The smallest absolute Gasteiger partial charge is 0.506 e. The van der Waals surface area contributed by atoms with E-state index >= 15 is 0 Å². The van der Waals surface area contributed by atoms with E-state index in [4.69, 9.17) is 18.5 Å². The topological polar surface area (TPSA) is 104 Å². The average Bonchev–Trinajstić information content (AvgIpc) is 2.74. The number of benzene rings is 1. The molecule has 0 fully saturated rings. The van der Waals surface area contributed by atoms with Crippen LogP contribution >= 0.6 is 8.25 Å². The van der Waals surface area contributed by atoms with Crippen molar-refractivity contribution < 1.29 is 37.4 Å². The number of nitrogens with zero attached hydrogens (tertiary/aromatic N) is 1. The molecular formula is C24H32FNO7P+. The van der Waals surface area contributed by atoms with Crippen molar-refractivity contribution in [3.8, 4) is 11.5 Å². The first kappa shape index (κ1) is 27.6. The number of aromatic hydroxyl groups is 1. The molecule has 0 bridgehead atoms. The Hall–Kier alpha value is -2.61. The third-order valence-electron chi connectivity index (χ3n) is 5.02. The highest BCUT2D eigenvalue weighted by Crippen LogP contribution is 2.31. The van der Waals surface area contributed by atoms with Crippen LogP contribution in [0.1, 0.15) is 68.6 Å². The maximum Gasteiger partial charge on any atom is 0.704 e. The van der Waals surface area contributed by atoms with Crippen molar-refractivity contribution in [1.29, 1.82) is 0 Å². The van der Waals surface area contributed by atoms with E-state index in [0.29, 0.717) is 23.4 Å². The number of hydrogen-bond donors (Lipinski definition) is 1. The van der Waals surface area contributed by atoms with Gasteiger partial charge in [0.25, 0.3) is 0 Å². The summed E-state index contributed by atoms with van der Waals surface area (Å²) in [6.45, 7) is 11.3. The fourth-order valence-electron chi connectivity index (χ4n) is 3.06. The maximum absolute atomic E-state index is 14.9. The molecule has 0 aliphatic rings. The zero-order chi connectivity index (χ0) is 25.6. The summed E-state index contributed by atoms with van der Waals surface area (Å²) >= 11 is 0. The van der Waals surface area contributed by atoms with Crippen LogP contribution in [0.4, 0.5) is 4.39 Å². The molecule has 1 aromatic heterocycles. The third-order valence-corrected chi connectivity index (χ3v) is 5.65. The van der Waals surface area contributed by atoms with Crippen LogP contribution in [-0.4, -0.2) is 29.6 Å². The van der Waals surface area contributed by atoms with Crippen molar-refractivity contribution >= 4 is 14.2 Å². The number of aromatic nitrogens is 1. The molecule has 0 spiro atoms. The number of pyridine rings is 1. The number of carbonyl (C=O) groups is 1. The fourth-order valence-corrected chi connectivity index (χ4v) is 3.41. The summed E-state index contributed by atoms with van der Waals surface area (Å²) in [5.41, 5.74) is 2.53. The minimum atomic E-state index is -2.62. The second-order valence-electron chi connectivity index (χ2n) is 9.19. The highest BCUT2D eigenvalue weighted by atomic mass is 31.1. The number of carbonyl (C=O) groups excluding carboxylic acids is 1. The van der Waals surface area contributed by atoms with E-state index in [9.17, 15) is 18.9 Å². The number of ether oxygens (including phenoxy) is 2. The molecule has 0 amide bonds. The standard InChI is InChI=1S/C24H31FNO7P/c1-14(2)22-19(27)9-8-17(26-22)11-18-15(3)10-20(21(25)16(18)4)30-12-32-34(29)33-13-31-23(28)24(5,6)7/h8-10,14H,11-13H2,1-7H3/p+1. The van der Waals surface area contributed by atoms with Gasteiger partial charge in [0.1, 0.15) is 5.75 Å². The Bertz CT molecular complexity index is 1050. The van der Waals surface area contributed by atoms with Gasteiger partial charge in [-0.3, -0.25) is 9.78 Å². The Balaban J connectivity index is 1.98. The summed E-state index contributed by atoms with van der Waals surface area (Å²) < 4.78 is 46.5. The molecule has 0 saturated heterocycles. The number of rotatable bonds is 10. The summed E-state index contributed by atoms with van der Waals surface area (Å²) in [6, 6.07) is 4.84. The van der Waals surface area contributed by atoms with Gasteiger partial charge in [-0.05, 0) is 75.4 Å². The Kier molecular flexibility index (Phi) is 9.50. The molecular weight excluding hydrogens is 464 g/mol. The minimum Gasteiger partial charge on any atom is -0.506 e. The van der Waals surface area contributed by atoms with E-state index in [1.807, 2.05) is 20.8 Å². The van der Waals surface area contributed by atoms with Crippen LogP contribution in [0.3, 0.4) is 0 Å². The average molecular weight is 496 g/mol. The molecule has 186 valence electrons. The van der Waals surface area contributed by atoms with E-state index < -0.39 is 39.0 Å². The maximum atomic E-state index is 14.9. The third kappa shape index (κ3) is 7.45. The predicted octanol–water partition coefficient (Wildman–Crippen LogP) is 5.83. The lowest BCUT2D eigenvalue weighted by molar-refractivity contribution is -0.159. The van der Waals surface area contributed by atoms with Crippen molar-refractivity contribution in [2.45, 2.75) is 60.8 Å². The van der Waals surface area contributed by atoms with Gasteiger partial charge < -0.3 is 14.6 Å². The van der Waals surface area contributed by atoms with E-state index in [1.54, 1.807) is 39.8 Å². The van der Waals surface area contributed by atoms with E-state index in [0.717, 1.165) is 11.1 Å². The normalized spacial score (nSPS) is 12.1. The zero-order valence-electron chi connectivity index (χ0n) is 20.6. The molecule has 1 heterocycles. The molecule has 0 aliphatic carbocycles. The van der Waals surface area contributed by atoms with Gasteiger partial charge in [0, 0.05) is 16.7 Å². The van der Waals surface area contributed by atoms with Crippen LogP contribution in [0.25, 0.3) is 0 Å². The van der Waals surface area contributed by atoms with Gasteiger partial charge in [0.05, 0.1) is 11.1 Å². The lowest BCUT2D eigenvalue weighted by Gasteiger charge is -2.15. The van der Waals surface area contributed by atoms with Crippen LogP contribution < -0.4 is 4.74 Å². The number of hydrogen-bond acceptors (Lipinski definition) is 8. The molecule has 0 saturated carbocycles. The van der Waals surface area contributed by atoms with Crippen LogP contribution in [0.15, 0.2) is 18.2 Å². The first-order valence-corrected chi connectivity index (χ1v) is 11.9. The van der Waals surface area contributed by atoms with E-state index in [-0.39, 0.29) is 17.4 Å². The highest BCUT2D eigenvalue weighted by molar-refractivity contribution is 7.33. The second kappa shape index (κ2) is 11.7. The molecule has 1 atom stereocenters. The Labute approximate surface area is 200 Å². The summed E-state index contributed by atoms with van der Waals surface area (Å²) in [6.07, 6.45) is 0.387. The molecule has 2 aromatic rings.